The summed E-state index contributed by atoms with van der Waals surface area (Å²) in [7, 11) is -4.16. The number of aromatic nitrogens is 1. The van der Waals surface area contributed by atoms with Crippen LogP contribution in [-0.2, 0) is 10.0 Å². The van der Waals surface area contributed by atoms with Crippen molar-refractivity contribution in [2.24, 2.45) is 0 Å². The fraction of sp³-hybridized carbons (Fsp3) is 0.0833. The van der Waals surface area contributed by atoms with Gasteiger partial charge in [-0.05, 0) is 47.1 Å². The number of benzene rings is 1. The molecule has 4 nitrogen and oxygen atoms in total. The summed E-state index contributed by atoms with van der Waals surface area (Å²) in [5, 5.41) is 0. The molecule has 106 valence electrons. The smallest absolute Gasteiger partial charge is 0.263 e. The molecule has 0 amide bonds. The number of halogens is 3. The van der Waals surface area contributed by atoms with Crippen LogP contribution in [0.1, 0.15) is 5.69 Å². The van der Waals surface area contributed by atoms with E-state index < -0.39 is 26.6 Å². The number of anilines is 1. The van der Waals surface area contributed by atoms with Crippen LogP contribution < -0.4 is 4.72 Å². The fourth-order valence-corrected chi connectivity index (χ4v) is 2.77. The molecule has 0 aliphatic heterocycles. The summed E-state index contributed by atoms with van der Waals surface area (Å²) >= 11 is 3.23. The number of nitrogens with one attached hydrogen (secondary N) is 1. The molecule has 20 heavy (non-hydrogen) atoms. The second-order valence-electron chi connectivity index (χ2n) is 3.94. The SMILES string of the molecule is Cc1nc(NS(=O)(=O)c2ccc(F)cc2F)ccc1Br. The van der Waals surface area contributed by atoms with E-state index >= 15 is 0 Å². The van der Waals surface area contributed by atoms with E-state index in [1.807, 2.05) is 0 Å². The highest BCUT2D eigenvalue weighted by Crippen LogP contribution is 2.21. The normalized spacial score (nSPS) is 11.4. The van der Waals surface area contributed by atoms with Gasteiger partial charge in [0, 0.05) is 10.5 Å². The number of pyridine rings is 1. The topological polar surface area (TPSA) is 59.1 Å². The highest BCUT2D eigenvalue weighted by atomic mass is 79.9. The zero-order chi connectivity index (χ0) is 14.9. The molecule has 0 unspecified atom stereocenters. The summed E-state index contributed by atoms with van der Waals surface area (Å²) in [5.74, 6) is -1.96. The number of sulfonamides is 1. The molecule has 0 aliphatic carbocycles. The molecule has 2 rings (SSSR count). The van der Waals surface area contributed by atoms with E-state index in [4.69, 9.17) is 0 Å². The van der Waals surface area contributed by atoms with E-state index in [1.165, 1.54) is 6.07 Å². The summed E-state index contributed by atoms with van der Waals surface area (Å²) in [5.41, 5.74) is 0.574. The molecule has 1 aromatic heterocycles. The van der Waals surface area contributed by atoms with E-state index in [0.29, 0.717) is 16.2 Å². The first-order chi connectivity index (χ1) is 9.29. The van der Waals surface area contributed by atoms with Crippen LogP contribution in [0.2, 0.25) is 0 Å². The van der Waals surface area contributed by atoms with E-state index in [0.717, 1.165) is 12.1 Å². The average molecular weight is 363 g/mol. The van der Waals surface area contributed by atoms with Crippen molar-refractivity contribution < 1.29 is 17.2 Å². The number of nitrogens with zero attached hydrogens (tertiary/aromatic N) is 1. The Hall–Kier alpha value is -1.54. The zero-order valence-corrected chi connectivity index (χ0v) is 12.6. The number of aryl methyl sites for hydroxylation is 1. The Bertz CT molecular complexity index is 766. The van der Waals surface area contributed by atoms with Gasteiger partial charge in [0.2, 0.25) is 0 Å². The first-order valence-electron chi connectivity index (χ1n) is 5.40. The van der Waals surface area contributed by atoms with Crippen molar-refractivity contribution in [3.63, 3.8) is 0 Å². The third kappa shape index (κ3) is 3.13. The molecule has 1 N–H and O–H groups in total. The second-order valence-corrected chi connectivity index (χ2v) is 6.45. The minimum atomic E-state index is -4.16. The highest BCUT2D eigenvalue weighted by Gasteiger charge is 2.20. The molecule has 0 saturated heterocycles. The Kier molecular flexibility index (Phi) is 4.05. The van der Waals surface area contributed by atoms with Crippen LogP contribution in [0.5, 0.6) is 0 Å². The van der Waals surface area contributed by atoms with E-state index in [2.05, 4.69) is 25.6 Å². The molecule has 0 bridgehead atoms. The van der Waals surface area contributed by atoms with Crippen LogP contribution >= 0.6 is 15.9 Å². The zero-order valence-electron chi connectivity index (χ0n) is 10.2. The molecule has 1 heterocycles. The highest BCUT2D eigenvalue weighted by molar-refractivity contribution is 9.10. The molecule has 0 atom stereocenters. The predicted molar refractivity (Wildman–Crippen MR) is 73.8 cm³/mol. The molecular formula is C12H9BrF2N2O2S. The lowest BCUT2D eigenvalue weighted by atomic mass is 10.3. The van der Waals surface area contributed by atoms with Crippen LogP contribution in [0, 0.1) is 18.6 Å². The van der Waals surface area contributed by atoms with Gasteiger partial charge < -0.3 is 0 Å². The van der Waals surface area contributed by atoms with Crippen molar-refractivity contribution in [3.05, 3.63) is 52.1 Å². The first kappa shape index (κ1) is 14.9. The van der Waals surface area contributed by atoms with Gasteiger partial charge in [-0.1, -0.05) is 0 Å². The molecule has 0 saturated carbocycles. The van der Waals surface area contributed by atoms with Crippen LogP contribution in [0.25, 0.3) is 0 Å². The van der Waals surface area contributed by atoms with Crippen molar-refractivity contribution in [2.75, 3.05) is 4.72 Å². The van der Waals surface area contributed by atoms with Gasteiger partial charge >= 0.3 is 0 Å². The van der Waals surface area contributed by atoms with Crippen LogP contribution in [0.4, 0.5) is 14.6 Å². The van der Waals surface area contributed by atoms with Gasteiger partial charge in [-0.3, -0.25) is 4.72 Å². The van der Waals surface area contributed by atoms with Crippen molar-refractivity contribution in [1.29, 1.82) is 0 Å². The van der Waals surface area contributed by atoms with Crippen LogP contribution in [0.3, 0.4) is 0 Å². The van der Waals surface area contributed by atoms with Crippen molar-refractivity contribution in [1.82, 2.24) is 4.98 Å². The Morgan fingerprint density at radius 2 is 1.90 bits per heavy atom. The summed E-state index contributed by atoms with van der Waals surface area (Å²) in [6.45, 7) is 1.68. The molecule has 0 spiro atoms. The van der Waals surface area contributed by atoms with Crippen LogP contribution in [-0.4, -0.2) is 13.4 Å². The maximum absolute atomic E-state index is 13.5. The van der Waals surface area contributed by atoms with Crippen molar-refractivity contribution in [3.8, 4) is 0 Å². The lowest BCUT2D eigenvalue weighted by Crippen LogP contribution is -2.15. The van der Waals surface area contributed by atoms with Gasteiger partial charge in [-0.25, -0.2) is 22.2 Å². The second kappa shape index (κ2) is 5.45. The third-order valence-corrected chi connectivity index (χ3v) is 4.67. The summed E-state index contributed by atoms with van der Waals surface area (Å²) in [6, 6.07) is 5.28. The molecule has 0 aliphatic rings. The summed E-state index contributed by atoms with van der Waals surface area (Å²) < 4.78 is 53.2. The van der Waals surface area contributed by atoms with Gasteiger partial charge in [0.15, 0.2) is 0 Å². The van der Waals surface area contributed by atoms with Gasteiger partial charge in [0.25, 0.3) is 10.0 Å². The minimum Gasteiger partial charge on any atom is -0.263 e. The lowest BCUT2D eigenvalue weighted by molar-refractivity contribution is 0.551. The standard InChI is InChI=1S/C12H9BrF2N2O2S/c1-7-9(13)3-5-12(16-7)17-20(18,19)11-4-2-8(14)6-10(11)15/h2-6H,1H3,(H,16,17). The largest absolute Gasteiger partial charge is 0.265 e. The third-order valence-electron chi connectivity index (χ3n) is 2.44. The van der Waals surface area contributed by atoms with E-state index in [1.54, 1.807) is 13.0 Å². The molecular weight excluding hydrogens is 354 g/mol. The Morgan fingerprint density at radius 1 is 1.20 bits per heavy atom. The molecule has 0 fully saturated rings. The number of hydrogen-bond acceptors (Lipinski definition) is 3. The Labute approximate surface area is 123 Å². The number of rotatable bonds is 3. The van der Waals surface area contributed by atoms with Gasteiger partial charge in [-0.15, -0.1) is 0 Å². The predicted octanol–water partition coefficient (Wildman–Crippen LogP) is 3.23. The van der Waals surface area contributed by atoms with Gasteiger partial charge in [-0.2, -0.15) is 0 Å². The average Bonchev–Trinajstić information content (AvgIpc) is 2.33. The first-order valence-corrected chi connectivity index (χ1v) is 7.68. The van der Waals surface area contributed by atoms with Gasteiger partial charge in [0.1, 0.15) is 22.3 Å². The quantitative estimate of drug-likeness (QED) is 0.911. The Balaban J connectivity index is 2.38. The van der Waals surface area contributed by atoms with Crippen molar-refractivity contribution >= 4 is 31.8 Å². The minimum absolute atomic E-state index is 0.0504. The van der Waals surface area contributed by atoms with E-state index in [-0.39, 0.29) is 5.82 Å². The van der Waals surface area contributed by atoms with Crippen LogP contribution in [0.15, 0.2) is 39.7 Å². The molecule has 2 aromatic rings. The maximum atomic E-state index is 13.5. The lowest BCUT2D eigenvalue weighted by Gasteiger charge is -2.09. The van der Waals surface area contributed by atoms with E-state index in [9.17, 15) is 17.2 Å². The monoisotopic (exact) mass is 362 g/mol. The van der Waals surface area contributed by atoms with Crippen molar-refractivity contribution in [2.45, 2.75) is 11.8 Å². The molecule has 8 heteroatoms. The molecule has 0 radical (unpaired) electrons. The molecule has 1 aromatic carbocycles. The number of hydrogen-bond donors (Lipinski definition) is 1. The maximum Gasteiger partial charge on any atom is 0.265 e. The fourth-order valence-electron chi connectivity index (χ4n) is 1.49. The summed E-state index contributed by atoms with van der Waals surface area (Å²) in [6.07, 6.45) is 0. The Morgan fingerprint density at radius 3 is 2.50 bits per heavy atom. The van der Waals surface area contributed by atoms with Gasteiger partial charge in [0.05, 0.1) is 5.69 Å². The summed E-state index contributed by atoms with van der Waals surface area (Å²) in [4.78, 5) is 3.36.